The zero-order valence-electron chi connectivity index (χ0n) is 28.4. The van der Waals surface area contributed by atoms with Gasteiger partial charge in [-0.2, -0.15) is 0 Å². The smallest absolute Gasteiger partial charge is 0.428 e. The number of carbonyl (C=O) groups is 4. The van der Waals surface area contributed by atoms with E-state index in [2.05, 4.69) is 0 Å². The van der Waals surface area contributed by atoms with Gasteiger partial charge < -0.3 is 37.9 Å². The highest BCUT2D eigenvalue weighted by Crippen LogP contribution is 2.50. The predicted molar refractivity (Wildman–Crippen MR) is 169 cm³/mol. The van der Waals surface area contributed by atoms with Crippen LogP contribution < -0.4 is 18.9 Å². The molecule has 0 aliphatic carbocycles. The van der Waals surface area contributed by atoms with Crippen LogP contribution in [-0.2, 0) is 18.9 Å². The first-order valence-electron chi connectivity index (χ1n) is 14.6. The van der Waals surface area contributed by atoms with Crippen molar-refractivity contribution in [1.29, 1.82) is 0 Å². The fourth-order valence-electron chi connectivity index (χ4n) is 3.98. The van der Waals surface area contributed by atoms with Gasteiger partial charge in [-0.15, -0.1) is 0 Å². The molecule has 0 amide bonds. The first-order valence-corrected chi connectivity index (χ1v) is 14.6. The highest BCUT2D eigenvalue weighted by atomic mass is 16.8. The van der Waals surface area contributed by atoms with Gasteiger partial charge in [0.2, 0.25) is 0 Å². The molecular weight excluding hydrogens is 600 g/mol. The average molecular weight is 643 g/mol. The third-order valence-corrected chi connectivity index (χ3v) is 5.31. The van der Waals surface area contributed by atoms with Crippen LogP contribution in [0.25, 0.3) is 21.5 Å². The summed E-state index contributed by atoms with van der Waals surface area (Å²) in [4.78, 5) is 52.0. The monoisotopic (exact) mass is 642 g/mol. The van der Waals surface area contributed by atoms with Crippen molar-refractivity contribution < 1.29 is 57.1 Å². The van der Waals surface area contributed by atoms with E-state index in [9.17, 15) is 19.2 Å². The van der Waals surface area contributed by atoms with E-state index in [1.165, 1.54) is 12.1 Å². The van der Waals surface area contributed by atoms with Crippen molar-refractivity contribution in [3.63, 3.8) is 0 Å². The maximum absolute atomic E-state index is 13.1. The van der Waals surface area contributed by atoms with E-state index < -0.39 is 47.0 Å². The lowest BCUT2D eigenvalue weighted by Gasteiger charge is -2.24. The molecule has 3 rings (SSSR count). The fourth-order valence-corrected chi connectivity index (χ4v) is 3.98. The van der Waals surface area contributed by atoms with Crippen LogP contribution in [0.3, 0.4) is 0 Å². The van der Waals surface area contributed by atoms with Gasteiger partial charge >= 0.3 is 24.6 Å². The number of rotatable bonds is 4. The first kappa shape index (κ1) is 35.7. The summed E-state index contributed by atoms with van der Waals surface area (Å²) in [6.45, 7) is 19.9. The van der Waals surface area contributed by atoms with Gasteiger partial charge in [0.25, 0.3) is 0 Å². The van der Waals surface area contributed by atoms with Crippen molar-refractivity contribution in [2.24, 2.45) is 0 Å². The van der Waals surface area contributed by atoms with Gasteiger partial charge in [0, 0.05) is 10.8 Å². The molecule has 3 aromatic rings. The summed E-state index contributed by atoms with van der Waals surface area (Å²) in [5.74, 6) is -0.660. The topological polar surface area (TPSA) is 142 Å². The summed E-state index contributed by atoms with van der Waals surface area (Å²) in [6.07, 6.45) is -4.33. The van der Waals surface area contributed by atoms with Crippen molar-refractivity contribution in [3.05, 3.63) is 36.4 Å². The number of hydrogen-bond acceptors (Lipinski definition) is 12. The van der Waals surface area contributed by atoms with Crippen molar-refractivity contribution in [2.75, 3.05) is 0 Å². The molecule has 0 saturated heterocycles. The van der Waals surface area contributed by atoms with Gasteiger partial charge in [0.1, 0.15) is 33.9 Å². The molecule has 12 nitrogen and oxygen atoms in total. The average Bonchev–Trinajstić information content (AvgIpc) is 2.82. The number of ether oxygens (including phenoxy) is 8. The molecule has 0 aromatic heterocycles. The Morgan fingerprint density at radius 1 is 0.413 bits per heavy atom. The summed E-state index contributed by atoms with van der Waals surface area (Å²) in [5.41, 5.74) is -3.69. The normalized spacial score (nSPS) is 12.3. The maximum atomic E-state index is 13.1. The summed E-state index contributed by atoms with van der Waals surface area (Å²) < 4.78 is 44.4. The molecule has 0 aliphatic rings. The second-order valence-corrected chi connectivity index (χ2v) is 14.3. The Bertz CT molecular complexity index is 1520. The lowest BCUT2D eigenvalue weighted by atomic mass is 9.99. The molecule has 0 bridgehead atoms. The first-order chi connectivity index (χ1) is 20.9. The Morgan fingerprint density at radius 3 is 0.935 bits per heavy atom. The van der Waals surface area contributed by atoms with E-state index in [4.69, 9.17) is 37.9 Å². The van der Waals surface area contributed by atoms with E-state index in [0.717, 1.165) is 0 Å². The van der Waals surface area contributed by atoms with Gasteiger partial charge in [-0.25, -0.2) is 19.2 Å². The zero-order valence-corrected chi connectivity index (χ0v) is 28.4. The van der Waals surface area contributed by atoms with Crippen LogP contribution in [0.1, 0.15) is 83.1 Å². The Labute approximate surface area is 268 Å². The van der Waals surface area contributed by atoms with Crippen molar-refractivity contribution in [3.8, 4) is 23.0 Å². The van der Waals surface area contributed by atoms with Crippen LogP contribution in [0.4, 0.5) is 19.2 Å². The standard InChI is InChI=1S/C34H42O12/c1-31(2,3)43-27(35)39-21-17-18-22(40-28(36)44-32(4,5)6)24-23(21)25(41-29(37)45-33(7,8)9)19-15-13-14-16-20(19)26(24)42-30(38)46-34(10,11)12/h13-18H,1-12H3. The van der Waals surface area contributed by atoms with E-state index in [1.807, 2.05) is 0 Å². The Kier molecular flexibility index (Phi) is 10.0. The van der Waals surface area contributed by atoms with E-state index in [0.29, 0.717) is 0 Å². The SMILES string of the molecule is CC(C)(C)OC(=O)Oc1ccc(OC(=O)OC(C)(C)C)c2c(OC(=O)OC(C)(C)C)c3ccccc3c(OC(=O)OC(C)(C)C)c12. The quantitative estimate of drug-likeness (QED) is 0.116. The molecule has 0 unspecified atom stereocenters. The third kappa shape index (κ3) is 10.1. The molecule has 3 aromatic carbocycles. The molecule has 0 fully saturated rings. The van der Waals surface area contributed by atoms with E-state index in [-0.39, 0.29) is 44.5 Å². The van der Waals surface area contributed by atoms with Crippen LogP contribution in [0.2, 0.25) is 0 Å². The number of benzene rings is 3. The molecule has 0 heterocycles. The molecule has 0 radical (unpaired) electrons. The number of hydrogen-bond donors (Lipinski definition) is 0. The Hall–Kier alpha value is -4.74. The largest absolute Gasteiger partial charge is 0.514 e. The summed E-state index contributed by atoms with van der Waals surface area (Å²) in [6, 6.07) is 9.11. The van der Waals surface area contributed by atoms with Crippen LogP contribution in [-0.4, -0.2) is 47.0 Å². The van der Waals surface area contributed by atoms with Crippen LogP contribution in [0.15, 0.2) is 36.4 Å². The van der Waals surface area contributed by atoms with Crippen LogP contribution in [0, 0.1) is 0 Å². The van der Waals surface area contributed by atoms with Gasteiger partial charge in [-0.3, -0.25) is 0 Å². The molecule has 12 heteroatoms. The summed E-state index contributed by atoms with van der Waals surface area (Å²) >= 11 is 0. The predicted octanol–water partition coefficient (Wildman–Crippen LogP) is 9.25. The Morgan fingerprint density at radius 2 is 0.674 bits per heavy atom. The molecule has 250 valence electrons. The fraction of sp³-hybridized carbons (Fsp3) is 0.471. The number of carbonyl (C=O) groups excluding carboxylic acids is 4. The highest BCUT2D eigenvalue weighted by Gasteiger charge is 2.31. The van der Waals surface area contributed by atoms with E-state index in [1.54, 1.807) is 107 Å². The lowest BCUT2D eigenvalue weighted by Crippen LogP contribution is -2.27. The minimum absolute atomic E-state index is 0.0879. The molecule has 46 heavy (non-hydrogen) atoms. The molecule has 0 atom stereocenters. The van der Waals surface area contributed by atoms with Crippen LogP contribution >= 0.6 is 0 Å². The summed E-state index contributed by atoms with van der Waals surface area (Å²) in [5, 5.41) is 0.329. The second-order valence-electron chi connectivity index (χ2n) is 14.3. The van der Waals surface area contributed by atoms with Gasteiger partial charge in [0.15, 0.2) is 11.5 Å². The molecule has 0 aliphatic heterocycles. The second kappa shape index (κ2) is 12.9. The number of fused-ring (bicyclic) bond motifs is 2. The van der Waals surface area contributed by atoms with Crippen molar-refractivity contribution >= 4 is 46.2 Å². The van der Waals surface area contributed by atoms with Gasteiger partial charge in [0.05, 0.1) is 10.8 Å². The third-order valence-electron chi connectivity index (χ3n) is 5.31. The van der Waals surface area contributed by atoms with Crippen molar-refractivity contribution in [2.45, 2.75) is 105 Å². The lowest BCUT2D eigenvalue weighted by molar-refractivity contribution is 0.0179. The highest BCUT2D eigenvalue weighted by molar-refractivity contribution is 6.17. The van der Waals surface area contributed by atoms with Gasteiger partial charge in [-0.1, -0.05) is 24.3 Å². The molecule has 0 spiro atoms. The minimum Gasteiger partial charge on any atom is -0.428 e. The van der Waals surface area contributed by atoms with E-state index >= 15 is 0 Å². The minimum atomic E-state index is -1.08. The van der Waals surface area contributed by atoms with Crippen molar-refractivity contribution in [1.82, 2.24) is 0 Å². The molecular formula is C34H42O12. The van der Waals surface area contributed by atoms with Crippen LogP contribution in [0.5, 0.6) is 23.0 Å². The maximum Gasteiger partial charge on any atom is 0.514 e. The molecule has 0 N–H and O–H groups in total. The summed E-state index contributed by atoms with van der Waals surface area (Å²) in [7, 11) is 0. The Balaban J connectivity index is 2.46. The van der Waals surface area contributed by atoms with Gasteiger partial charge in [-0.05, 0) is 95.2 Å². The zero-order chi connectivity index (χ0) is 34.8. The molecule has 0 saturated carbocycles.